The van der Waals surface area contributed by atoms with E-state index in [1.165, 1.54) is 0 Å². The minimum absolute atomic E-state index is 0.134. The van der Waals surface area contributed by atoms with Gasteiger partial charge in [0.15, 0.2) is 0 Å². The van der Waals surface area contributed by atoms with Crippen molar-refractivity contribution >= 4 is 23.4 Å². The average Bonchev–Trinajstić information content (AvgIpc) is 2.59. The summed E-state index contributed by atoms with van der Waals surface area (Å²) in [5.41, 5.74) is 0.580. The van der Waals surface area contributed by atoms with Gasteiger partial charge in [-0.2, -0.15) is 0 Å². The summed E-state index contributed by atoms with van der Waals surface area (Å²) < 4.78 is 0. The standard InChI is InChI=1S/C17H24ClN3O2/c1-2-20-10-12-21(13-11-20)16(22)4-3-9-19-17(23)14-5-7-15(18)8-6-14/h5-8H,2-4,9-13H2,1H3,(H,19,23). The van der Waals surface area contributed by atoms with Gasteiger partial charge in [-0.05, 0) is 37.2 Å². The largest absolute Gasteiger partial charge is 0.352 e. The molecule has 0 atom stereocenters. The Morgan fingerprint density at radius 1 is 1.13 bits per heavy atom. The van der Waals surface area contributed by atoms with E-state index in [0.29, 0.717) is 30.0 Å². The van der Waals surface area contributed by atoms with Crippen molar-refractivity contribution in [3.05, 3.63) is 34.9 Å². The van der Waals surface area contributed by atoms with E-state index < -0.39 is 0 Å². The number of halogens is 1. The van der Waals surface area contributed by atoms with Crippen LogP contribution in [0, 0.1) is 0 Å². The molecule has 1 saturated heterocycles. The Morgan fingerprint density at radius 2 is 1.78 bits per heavy atom. The van der Waals surface area contributed by atoms with Crippen molar-refractivity contribution in [2.24, 2.45) is 0 Å². The molecule has 1 fully saturated rings. The summed E-state index contributed by atoms with van der Waals surface area (Å²) in [6, 6.07) is 6.76. The first-order chi connectivity index (χ1) is 11.1. The topological polar surface area (TPSA) is 52.6 Å². The second kappa shape index (κ2) is 8.89. The van der Waals surface area contributed by atoms with E-state index >= 15 is 0 Å². The Kier molecular flexibility index (Phi) is 6.86. The van der Waals surface area contributed by atoms with Gasteiger partial charge < -0.3 is 15.1 Å². The summed E-state index contributed by atoms with van der Waals surface area (Å²) in [5, 5.41) is 3.44. The normalized spacial score (nSPS) is 15.5. The lowest BCUT2D eigenvalue weighted by Crippen LogP contribution is -2.48. The van der Waals surface area contributed by atoms with Gasteiger partial charge in [0.2, 0.25) is 5.91 Å². The third kappa shape index (κ3) is 5.52. The Labute approximate surface area is 142 Å². The van der Waals surface area contributed by atoms with Crippen molar-refractivity contribution in [1.29, 1.82) is 0 Å². The van der Waals surface area contributed by atoms with E-state index in [4.69, 9.17) is 11.6 Å². The van der Waals surface area contributed by atoms with Crippen LogP contribution in [0.1, 0.15) is 30.1 Å². The zero-order chi connectivity index (χ0) is 16.7. The van der Waals surface area contributed by atoms with Gasteiger partial charge in [0.25, 0.3) is 5.91 Å². The predicted octanol–water partition coefficient (Wildman–Crippen LogP) is 2.01. The molecule has 1 aromatic rings. The van der Waals surface area contributed by atoms with Gasteiger partial charge in [0.1, 0.15) is 0 Å². The highest BCUT2D eigenvalue weighted by atomic mass is 35.5. The van der Waals surface area contributed by atoms with Crippen LogP contribution in [0.25, 0.3) is 0 Å². The number of likely N-dealkylation sites (N-methyl/N-ethyl adjacent to an activating group) is 1. The molecule has 1 aromatic carbocycles. The molecule has 0 radical (unpaired) electrons. The first-order valence-corrected chi connectivity index (χ1v) is 8.52. The van der Waals surface area contributed by atoms with Crippen molar-refractivity contribution in [3.63, 3.8) is 0 Å². The van der Waals surface area contributed by atoms with E-state index in [1.54, 1.807) is 24.3 Å². The zero-order valence-corrected chi connectivity index (χ0v) is 14.3. The second-order valence-electron chi connectivity index (χ2n) is 5.68. The summed E-state index contributed by atoms with van der Waals surface area (Å²) in [7, 11) is 0. The van der Waals surface area contributed by atoms with Gasteiger partial charge in [-0.25, -0.2) is 0 Å². The molecule has 0 aliphatic carbocycles. The molecule has 1 N–H and O–H groups in total. The molecular weight excluding hydrogens is 314 g/mol. The van der Waals surface area contributed by atoms with E-state index in [9.17, 15) is 9.59 Å². The molecule has 1 aliphatic heterocycles. The quantitative estimate of drug-likeness (QED) is 0.808. The summed E-state index contributed by atoms with van der Waals surface area (Å²) in [6.45, 7) is 7.21. The van der Waals surface area contributed by atoms with Gasteiger partial charge in [-0.3, -0.25) is 9.59 Å². The van der Waals surface area contributed by atoms with Crippen LogP contribution in [-0.4, -0.2) is 60.9 Å². The van der Waals surface area contributed by atoms with Crippen molar-refractivity contribution in [1.82, 2.24) is 15.1 Å². The molecule has 0 spiro atoms. The summed E-state index contributed by atoms with van der Waals surface area (Å²) in [4.78, 5) is 28.3. The van der Waals surface area contributed by atoms with Crippen LogP contribution in [0.2, 0.25) is 5.02 Å². The first kappa shape index (κ1) is 17.8. The molecule has 23 heavy (non-hydrogen) atoms. The maximum atomic E-state index is 12.1. The molecule has 0 aromatic heterocycles. The SMILES string of the molecule is CCN1CCN(C(=O)CCCNC(=O)c2ccc(Cl)cc2)CC1. The monoisotopic (exact) mass is 337 g/mol. The van der Waals surface area contributed by atoms with Crippen LogP contribution in [0.4, 0.5) is 0 Å². The minimum Gasteiger partial charge on any atom is -0.352 e. The lowest BCUT2D eigenvalue weighted by molar-refractivity contribution is -0.133. The van der Waals surface area contributed by atoms with Crippen LogP contribution in [-0.2, 0) is 4.79 Å². The van der Waals surface area contributed by atoms with Crippen LogP contribution in [0.15, 0.2) is 24.3 Å². The molecule has 6 heteroatoms. The molecule has 0 saturated carbocycles. The van der Waals surface area contributed by atoms with Crippen molar-refractivity contribution in [2.45, 2.75) is 19.8 Å². The number of piperazine rings is 1. The Hall–Kier alpha value is -1.59. The molecule has 5 nitrogen and oxygen atoms in total. The van der Waals surface area contributed by atoms with E-state index in [2.05, 4.69) is 17.1 Å². The average molecular weight is 338 g/mol. The lowest BCUT2D eigenvalue weighted by Gasteiger charge is -2.34. The Morgan fingerprint density at radius 3 is 2.39 bits per heavy atom. The summed E-state index contributed by atoms with van der Waals surface area (Å²) in [5.74, 6) is 0.0483. The highest BCUT2D eigenvalue weighted by molar-refractivity contribution is 6.30. The van der Waals surface area contributed by atoms with Gasteiger partial charge in [-0.15, -0.1) is 0 Å². The second-order valence-corrected chi connectivity index (χ2v) is 6.12. The number of rotatable bonds is 6. The molecule has 2 amide bonds. The maximum Gasteiger partial charge on any atom is 0.251 e. The summed E-state index contributed by atoms with van der Waals surface area (Å²) in [6.07, 6.45) is 1.14. The van der Waals surface area contributed by atoms with E-state index in [1.807, 2.05) is 4.90 Å². The number of nitrogens with zero attached hydrogens (tertiary/aromatic N) is 2. The fraction of sp³-hybridized carbons (Fsp3) is 0.529. The molecule has 2 rings (SSSR count). The van der Waals surface area contributed by atoms with Crippen LogP contribution in [0.3, 0.4) is 0 Å². The lowest BCUT2D eigenvalue weighted by atomic mass is 10.2. The predicted molar refractivity (Wildman–Crippen MR) is 91.7 cm³/mol. The zero-order valence-electron chi connectivity index (χ0n) is 13.6. The van der Waals surface area contributed by atoms with Gasteiger partial charge in [0.05, 0.1) is 0 Å². The summed E-state index contributed by atoms with van der Waals surface area (Å²) >= 11 is 5.79. The fourth-order valence-electron chi connectivity index (χ4n) is 2.62. The minimum atomic E-state index is -0.134. The molecule has 1 aliphatic rings. The van der Waals surface area contributed by atoms with Gasteiger partial charge >= 0.3 is 0 Å². The number of carbonyl (C=O) groups excluding carboxylic acids is 2. The molecule has 0 bridgehead atoms. The number of amides is 2. The van der Waals surface area contributed by atoms with Crippen molar-refractivity contribution in [3.8, 4) is 0 Å². The van der Waals surface area contributed by atoms with Crippen LogP contribution in [0.5, 0.6) is 0 Å². The van der Waals surface area contributed by atoms with E-state index in [0.717, 1.165) is 32.7 Å². The molecule has 0 unspecified atom stereocenters. The van der Waals surface area contributed by atoms with Gasteiger partial charge in [-0.1, -0.05) is 18.5 Å². The molecular formula is C17H24ClN3O2. The third-order valence-electron chi connectivity index (χ3n) is 4.13. The number of carbonyl (C=O) groups is 2. The van der Waals surface area contributed by atoms with Crippen LogP contribution >= 0.6 is 11.6 Å². The molecule has 1 heterocycles. The number of hydrogen-bond donors (Lipinski definition) is 1. The molecule has 126 valence electrons. The van der Waals surface area contributed by atoms with E-state index in [-0.39, 0.29) is 11.8 Å². The van der Waals surface area contributed by atoms with Crippen molar-refractivity contribution in [2.75, 3.05) is 39.3 Å². The van der Waals surface area contributed by atoms with Gasteiger partial charge in [0, 0.05) is 49.7 Å². The smallest absolute Gasteiger partial charge is 0.251 e. The van der Waals surface area contributed by atoms with Crippen molar-refractivity contribution < 1.29 is 9.59 Å². The number of nitrogens with one attached hydrogen (secondary N) is 1. The van der Waals surface area contributed by atoms with Crippen LogP contribution < -0.4 is 5.32 Å². The number of hydrogen-bond acceptors (Lipinski definition) is 3. The highest BCUT2D eigenvalue weighted by Gasteiger charge is 2.19. The Balaban J connectivity index is 1.64. The number of benzene rings is 1. The fourth-order valence-corrected chi connectivity index (χ4v) is 2.74. The first-order valence-electron chi connectivity index (χ1n) is 8.14. The highest BCUT2D eigenvalue weighted by Crippen LogP contribution is 2.09. The third-order valence-corrected chi connectivity index (χ3v) is 4.38. The maximum absolute atomic E-state index is 12.1. The Bertz CT molecular complexity index is 525.